The van der Waals surface area contributed by atoms with Crippen LogP contribution in [-0.2, 0) is 25.4 Å². The highest BCUT2D eigenvalue weighted by Crippen LogP contribution is 2.43. The van der Waals surface area contributed by atoms with E-state index in [1.807, 2.05) is 6.07 Å². The van der Waals surface area contributed by atoms with Crippen LogP contribution in [0.2, 0.25) is 0 Å². The third kappa shape index (κ3) is 7.06. The molecule has 1 fully saturated rings. The molecule has 0 saturated heterocycles. The molecule has 0 radical (unpaired) electrons. The number of aromatic nitrogens is 4. The van der Waals surface area contributed by atoms with Crippen molar-refractivity contribution in [1.29, 1.82) is 0 Å². The summed E-state index contributed by atoms with van der Waals surface area (Å²) < 4.78 is 32.4. The fourth-order valence-electron chi connectivity index (χ4n) is 3.61. The van der Waals surface area contributed by atoms with Gasteiger partial charge >= 0.3 is 13.5 Å². The molecule has 1 aliphatic rings. The molecule has 0 amide bonds. The van der Waals surface area contributed by atoms with E-state index in [-0.39, 0.29) is 25.0 Å². The molecule has 12 nitrogen and oxygen atoms in total. The zero-order valence-corrected chi connectivity index (χ0v) is 21.6. The van der Waals surface area contributed by atoms with Crippen LogP contribution >= 0.6 is 7.52 Å². The molecule has 1 aliphatic carbocycles. The Morgan fingerprint density at radius 1 is 1.32 bits per heavy atom. The molecule has 2 aromatic heterocycles. The van der Waals surface area contributed by atoms with Gasteiger partial charge in [0, 0.05) is 13.1 Å². The summed E-state index contributed by atoms with van der Waals surface area (Å²) in [5, 5.41) is 5.91. The van der Waals surface area contributed by atoms with Gasteiger partial charge in [-0.1, -0.05) is 24.3 Å². The lowest BCUT2D eigenvalue weighted by molar-refractivity contribution is -0.154. The van der Waals surface area contributed by atoms with Gasteiger partial charge in [0.25, 0.3) is 0 Å². The van der Waals surface area contributed by atoms with Crippen LogP contribution in [-0.4, -0.2) is 57.1 Å². The SMILES string of the molecule is C=CCNc1nc(N)nc2c1ncn2CCOCP(=O)(NC(C)C(=O)OC1CCC1)Oc1ccccc1. The van der Waals surface area contributed by atoms with Crippen molar-refractivity contribution in [2.45, 2.75) is 44.9 Å². The van der Waals surface area contributed by atoms with Gasteiger partial charge in [0.2, 0.25) is 5.95 Å². The Morgan fingerprint density at radius 3 is 2.81 bits per heavy atom. The lowest BCUT2D eigenvalue weighted by Gasteiger charge is -2.28. The summed E-state index contributed by atoms with van der Waals surface area (Å²) >= 11 is 0. The van der Waals surface area contributed by atoms with Crippen LogP contribution in [0.3, 0.4) is 0 Å². The van der Waals surface area contributed by atoms with E-state index in [4.69, 9.17) is 19.7 Å². The number of ether oxygens (including phenoxy) is 2. The molecule has 2 unspecified atom stereocenters. The number of carbonyl (C=O) groups excluding carboxylic acids is 1. The van der Waals surface area contributed by atoms with Crippen LogP contribution in [0.5, 0.6) is 5.75 Å². The number of nitrogens with two attached hydrogens (primary N) is 1. The lowest BCUT2D eigenvalue weighted by atomic mass is 9.96. The number of hydrogen-bond acceptors (Lipinski definition) is 10. The highest BCUT2D eigenvalue weighted by atomic mass is 31.2. The van der Waals surface area contributed by atoms with Crippen molar-refractivity contribution in [3.8, 4) is 5.75 Å². The van der Waals surface area contributed by atoms with E-state index in [2.05, 4.69) is 31.9 Å². The molecule has 0 aliphatic heterocycles. The molecule has 1 saturated carbocycles. The molecule has 13 heteroatoms. The predicted molar refractivity (Wildman–Crippen MR) is 140 cm³/mol. The Morgan fingerprint density at radius 2 is 2.11 bits per heavy atom. The number of carbonyl (C=O) groups is 1. The van der Waals surface area contributed by atoms with E-state index in [0.717, 1.165) is 19.3 Å². The molecule has 4 N–H and O–H groups in total. The summed E-state index contributed by atoms with van der Waals surface area (Å²) in [6, 6.07) is 7.90. The number of rotatable bonds is 14. The number of hydrogen-bond donors (Lipinski definition) is 3. The van der Waals surface area contributed by atoms with E-state index in [1.54, 1.807) is 48.2 Å². The Bertz CT molecular complexity index is 1270. The van der Waals surface area contributed by atoms with E-state index in [0.29, 0.717) is 35.8 Å². The number of nitrogens with zero attached hydrogens (tertiary/aromatic N) is 4. The van der Waals surface area contributed by atoms with Crippen molar-refractivity contribution >= 4 is 36.4 Å². The van der Waals surface area contributed by atoms with Gasteiger partial charge in [-0.2, -0.15) is 9.97 Å². The fourth-order valence-corrected chi connectivity index (χ4v) is 5.32. The zero-order chi connectivity index (χ0) is 26.3. The van der Waals surface area contributed by atoms with Gasteiger partial charge in [-0.15, -0.1) is 6.58 Å². The number of nitrogen functional groups attached to an aromatic ring is 1. The third-order valence-electron chi connectivity index (χ3n) is 5.71. The largest absolute Gasteiger partial charge is 0.461 e. The van der Waals surface area contributed by atoms with Crippen molar-refractivity contribution in [2.75, 3.05) is 30.6 Å². The van der Waals surface area contributed by atoms with Gasteiger partial charge in [-0.25, -0.2) is 10.1 Å². The smallest absolute Gasteiger partial charge is 0.342 e. The van der Waals surface area contributed by atoms with Crippen molar-refractivity contribution in [3.05, 3.63) is 49.3 Å². The molecule has 3 aromatic rings. The molecule has 198 valence electrons. The highest BCUT2D eigenvalue weighted by molar-refractivity contribution is 7.57. The quantitative estimate of drug-likeness (QED) is 0.122. The second kappa shape index (κ2) is 12.2. The standard InChI is InChI=1S/C24H32N7O5P/c1-3-12-26-21-20-22(29-24(25)28-21)31(15-27-20)13-14-34-16-37(33,36-19-8-5-4-6-9-19)30-17(2)23(32)35-18-10-7-11-18/h3-6,8-9,15,17-18H,1,7,10-14,16H2,2H3,(H,30,33)(H3,25,26,28,29). The van der Waals surface area contributed by atoms with Gasteiger partial charge < -0.3 is 29.6 Å². The molecule has 0 spiro atoms. The predicted octanol–water partition coefficient (Wildman–Crippen LogP) is 3.33. The molecular weight excluding hydrogens is 497 g/mol. The third-order valence-corrected chi connectivity index (χ3v) is 7.52. The second-order valence-electron chi connectivity index (χ2n) is 8.67. The van der Waals surface area contributed by atoms with Crippen molar-refractivity contribution in [1.82, 2.24) is 24.6 Å². The van der Waals surface area contributed by atoms with Gasteiger partial charge in [-0.05, 0) is 38.3 Å². The number of benzene rings is 1. The van der Waals surface area contributed by atoms with Crippen LogP contribution in [0.1, 0.15) is 26.2 Å². The molecule has 2 atom stereocenters. The second-order valence-corrected chi connectivity index (χ2v) is 10.7. The molecular formula is C24H32N7O5P. The van der Waals surface area contributed by atoms with E-state index in [9.17, 15) is 9.36 Å². The number of fused-ring (bicyclic) bond motifs is 1. The minimum Gasteiger partial charge on any atom is -0.461 e. The maximum Gasteiger partial charge on any atom is 0.342 e. The molecule has 4 rings (SSSR count). The molecule has 0 bridgehead atoms. The number of anilines is 2. The Hall–Kier alpha value is -3.47. The minimum absolute atomic E-state index is 0.0715. The minimum atomic E-state index is -3.63. The van der Waals surface area contributed by atoms with Crippen LogP contribution < -0.4 is 20.7 Å². The average molecular weight is 530 g/mol. The van der Waals surface area contributed by atoms with Gasteiger partial charge in [0.15, 0.2) is 17.0 Å². The lowest BCUT2D eigenvalue weighted by Crippen LogP contribution is -2.38. The van der Waals surface area contributed by atoms with E-state index >= 15 is 0 Å². The van der Waals surface area contributed by atoms with Gasteiger partial charge in [0.1, 0.15) is 24.2 Å². The van der Waals surface area contributed by atoms with Crippen LogP contribution in [0.4, 0.5) is 11.8 Å². The van der Waals surface area contributed by atoms with Gasteiger partial charge in [0.05, 0.1) is 12.9 Å². The topological polar surface area (TPSA) is 156 Å². The summed E-state index contributed by atoms with van der Waals surface area (Å²) in [5.41, 5.74) is 6.97. The van der Waals surface area contributed by atoms with Crippen LogP contribution in [0, 0.1) is 0 Å². The zero-order valence-electron chi connectivity index (χ0n) is 20.7. The summed E-state index contributed by atoms with van der Waals surface area (Å²) in [5.74, 6) is 0.544. The summed E-state index contributed by atoms with van der Waals surface area (Å²) in [6.45, 7) is 6.32. The first kappa shape index (κ1) is 26.6. The Balaban J connectivity index is 1.39. The number of imidazole rings is 1. The summed E-state index contributed by atoms with van der Waals surface area (Å²) in [7, 11) is -3.63. The first-order chi connectivity index (χ1) is 17.9. The maximum absolute atomic E-state index is 13.7. The Kier molecular flexibility index (Phi) is 8.75. The Labute approximate surface area is 215 Å². The molecule has 2 heterocycles. The van der Waals surface area contributed by atoms with E-state index < -0.39 is 19.5 Å². The number of nitrogens with one attached hydrogen (secondary N) is 2. The summed E-state index contributed by atoms with van der Waals surface area (Å²) in [4.78, 5) is 25.3. The van der Waals surface area contributed by atoms with E-state index in [1.165, 1.54) is 0 Å². The maximum atomic E-state index is 13.7. The van der Waals surface area contributed by atoms with Crippen molar-refractivity contribution in [3.63, 3.8) is 0 Å². The summed E-state index contributed by atoms with van der Waals surface area (Å²) in [6.07, 6.45) is 5.72. The fraction of sp³-hybridized carbons (Fsp3) is 0.417. The first-order valence-electron chi connectivity index (χ1n) is 12.1. The molecule has 1 aromatic carbocycles. The first-order valence-corrected chi connectivity index (χ1v) is 13.9. The van der Waals surface area contributed by atoms with Crippen LogP contribution in [0.25, 0.3) is 11.2 Å². The normalized spacial score (nSPS) is 15.9. The van der Waals surface area contributed by atoms with Crippen molar-refractivity contribution in [2.24, 2.45) is 0 Å². The highest BCUT2D eigenvalue weighted by Gasteiger charge is 2.32. The number of para-hydroxylation sites is 1. The number of esters is 1. The molecule has 37 heavy (non-hydrogen) atoms. The van der Waals surface area contributed by atoms with Gasteiger partial charge in [-0.3, -0.25) is 9.36 Å². The van der Waals surface area contributed by atoms with Crippen molar-refractivity contribution < 1.29 is 23.4 Å². The van der Waals surface area contributed by atoms with Crippen LogP contribution in [0.15, 0.2) is 49.3 Å². The monoisotopic (exact) mass is 529 g/mol. The average Bonchev–Trinajstić information content (AvgIpc) is 3.25.